The standard InChI is InChI=1S/C25H21F3N2O3/c26-25(27,28)19-5-1-4-17(11-19)24(32)30-10-9-21-18(14-30)13-22(33-21)16-3-2-6-20(12-16)29-23(31)15-7-8-15/h1-6,11-13,15H,7-10,14H2,(H,29,31). The van der Waals surface area contributed by atoms with Crippen LogP contribution in [0, 0.1) is 5.92 Å². The number of fused-ring (bicyclic) bond motifs is 1. The Labute approximate surface area is 188 Å². The lowest BCUT2D eigenvalue weighted by atomic mass is 10.0. The summed E-state index contributed by atoms with van der Waals surface area (Å²) in [5, 5.41) is 2.92. The highest BCUT2D eigenvalue weighted by Crippen LogP contribution is 2.34. The zero-order valence-electron chi connectivity index (χ0n) is 17.6. The van der Waals surface area contributed by atoms with Gasteiger partial charge in [0.25, 0.3) is 5.91 Å². The molecule has 1 N–H and O–H groups in total. The second-order valence-corrected chi connectivity index (χ2v) is 8.46. The Hall–Kier alpha value is -3.55. The van der Waals surface area contributed by atoms with E-state index in [1.807, 2.05) is 30.3 Å². The zero-order valence-corrected chi connectivity index (χ0v) is 17.6. The first-order chi connectivity index (χ1) is 15.8. The quantitative estimate of drug-likeness (QED) is 0.565. The van der Waals surface area contributed by atoms with Crippen molar-refractivity contribution < 1.29 is 27.2 Å². The summed E-state index contributed by atoms with van der Waals surface area (Å²) in [5.74, 6) is 1.06. The Bertz CT molecular complexity index is 1230. The van der Waals surface area contributed by atoms with E-state index in [9.17, 15) is 22.8 Å². The number of hydrogen-bond donors (Lipinski definition) is 1. The fourth-order valence-electron chi connectivity index (χ4n) is 4.00. The molecule has 0 atom stereocenters. The Kier molecular flexibility index (Phi) is 5.23. The lowest BCUT2D eigenvalue weighted by Gasteiger charge is -2.26. The molecule has 0 spiro atoms. The van der Waals surface area contributed by atoms with Gasteiger partial charge in [0.2, 0.25) is 5.91 Å². The Morgan fingerprint density at radius 2 is 1.82 bits per heavy atom. The van der Waals surface area contributed by atoms with Crippen molar-refractivity contribution in [2.75, 3.05) is 11.9 Å². The Morgan fingerprint density at radius 3 is 2.58 bits per heavy atom. The van der Waals surface area contributed by atoms with Crippen LogP contribution in [0.2, 0.25) is 0 Å². The third-order valence-corrected chi connectivity index (χ3v) is 5.95. The van der Waals surface area contributed by atoms with E-state index in [2.05, 4.69) is 5.32 Å². The zero-order chi connectivity index (χ0) is 23.2. The fraction of sp³-hybridized carbons (Fsp3) is 0.280. The highest BCUT2D eigenvalue weighted by Gasteiger charge is 2.32. The number of halogens is 3. The summed E-state index contributed by atoms with van der Waals surface area (Å²) >= 11 is 0. The summed E-state index contributed by atoms with van der Waals surface area (Å²) in [6.45, 7) is 0.610. The molecule has 33 heavy (non-hydrogen) atoms. The van der Waals surface area contributed by atoms with Gasteiger partial charge in [0.05, 0.1) is 5.56 Å². The van der Waals surface area contributed by atoms with Crippen LogP contribution in [0.1, 0.15) is 40.1 Å². The molecule has 2 aliphatic rings. The highest BCUT2D eigenvalue weighted by molar-refractivity contribution is 5.95. The number of furan rings is 1. The van der Waals surface area contributed by atoms with Crippen molar-refractivity contribution in [3.63, 3.8) is 0 Å². The third kappa shape index (κ3) is 4.51. The number of nitrogens with one attached hydrogen (secondary N) is 1. The van der Waals surface area contributed by atoms with Crippen LogP contribution in [0.25, 0.3) is 11.3 Å². The van der Waals surface area contributed by atoms with Crippen molar-refractivity contribution in [3.8, 4) is 11.3 Å². The lowest BCUT2D eigenvalue weighted by molar-refractivity contribution is -0.137. The summed E-state index contributed by atoms with van der Waals surface area (Å²) in [6, 6.07) is 13.7. The monoisotopic (exact) mass is 454 g/mol. The third-order valence-electron chi connectivity index (χ3n) is 5.95. The van der Waals surface area contributed by atoms with E-state index < -0.39 is 17.6 Å². The molecular formula is C25H21F3N2O3. The van der Waals surface area contributed by atoms with Gasteiger partial charge in [0, 0.05) is 47.8 Å². The normalized spacial score (nSPS) is 15.8. The van der Waals surface area contributed by atoms with Crippen LogP contribution >= 0.6 is 0 Å². The molecule has 2 amide bonds. The van der Waals surface area contributed by atoms with Crippen LogP contribution in [-0.4, -0.2) is 23.3 Å². The van der Waals surface area contributed by atoms with E-state index in [0.29, 0.717) is 24.4 Å². The largest absolute Gasteiger partial charge is 0.461 e. The number of hydrogen-bond acceptors (Lipinski definition) is 3. The van der Waals surface area contributed by atoms with Crippen molar-refractivity contribution in [2.24, 2.45) is 5.92 Å². The number of rotatable bonds is 4. The summed E-state index contributed by atoms with van der Waals surface area (Å²) in [5.41, 5.74) is 1.49. The molecule has 1 aliphatic heterocycles. The average molecular weight is 454 g/mol. The van der Waals surface area contributed by atoms with Crippen LogP contribution in [-0.2, 0) is 23.9 Å². The second-order valence-electron chi connectivity index (χ2n) is 8.46. The predicted octanol–water partition coefficient (Wildman–Crippen LogP) is 5.51. The van der Waals surface area contributed by atoms with Gasteiger partial charge in [0.15, 0.2) is 0 Å². The molecule has 2 aromatic carbocycles. The average Bonchev–Trinajstić information content (AvgIpc) is 3.57. The van der Waals surface area contributed by atoms with E-state index in [-0.39, 0.29) is 23.9 Å². The van der Waals surface area contributed by atoms with E-state index in [1.165, 1.54) is 17.0 Å². The van der Waals surface area contributed by atoms with Gasteiger partial charge in [-0.1, -0.05) is 18.2 Å². The van der Waals surface area contributed by atoms with Gasteiger partial charge in [-0.15, -0.1) is 0 Å². The van der Waals surface area contributed by atoms with Gasteiger partial charge >= 0.3 is 6.18 Å². The molecule has 170 valence electrons. The summed E-state index contributed by atoms with van der Waals surface area (Å²) in [7, 11) is 0. The first kappa shape index (κ1) is 21.3. The molecule has 8 heteroatoms. The van der Waals surface area contributed by atoms with Crippen LogP contribution in [0.3, 0.4) is 0 Å². The Morgan fingerprint density at radius 1 is 1.03 bits per heavy atom. The molecule has 1 fully saturated rings. The highest BCUT2D eigenvalue weighted by atomic mass is 19.4. The molecular weight excluding hydrogens is 433 g/mol. The first-order valence-corrected chi connectivity index (χ1v) is 10.8. The molecule has 5 nitrogen and oxygen atoms in total. The minimum absolute atomic E-state index is 0.0103. The molecule has 0 bridgehead atoms. The molecule has 2 heterocycles. The van der Waals surface area contributed by atoms with Crippen molar-refractivity contribution in [3.05, 3.63) is 77.0 Å². The molecule has 1 aliphatic carbocycles. The van der Waals surface area contributed by atoms with Crippen molar-refractivity contribution in [1.29, 1.82) is 0 Å². The van der Waals surface area contributed by atoms with Gasteiger partial charge in [0.1, 0.15) is 11.5 Å². The van der Waals surface area contributed by atoms with Crippen LogP contribution in [0.4, 0.5) is 18.9 Å². The van der Waals surface area contributed by atoms with Gasteiger partial charge in [-0.2, -0.15) is 13.2 Å². The maximum atomic E-state index is 13.0. The summed E-state index contributed by atoms with van der Waals surface area (Å²) < 4.78 is 45.1. The van der Waals surface area contributed by atoms with Crippen molar-refractivity contribution in [1.82, 2.24) is 4.90 Å². The number of amides is 2. The number of anilines is 1. The summed E-state index contributed by atoms with van der Waals surface area (Å²) in [6.07, 6.45) is -2.19. The van der Waals surface area contributed by atoms with Crippen LogP contribution in [0.15, 0.2) is 59.0 Å². The van der Waals surface area contributed by atoms with Gasteiger partial charge in [-0.05, 0) is 49.2 Å². The van der Waals surface area contributed by atoms with Gasteiger partial charge in [-0.3, -0.25) is 9.59 Å². The smallest absolute Gasteiger partial charge is 0.416 e. The predicted molar refractivity (Wildman–Crippen MR) is 115 cm³/mol. The van der Waals surface area contributed by atoms with Crippen LogP contribution in [0.5, 0.6) is 0 Å². The minimum atomic E-state index is -4.50. The molecule has 0 radical (unpaired) electrons. The number of carbonyl (C=O) groups is 2. The molecule has 1 aromatic heterocycles. The maximum absolute atomic E-state index is 13.0. The SMILES string of the molecule is O=C(Nc1cccc(-c2cc3c(o2)CCN(C(=O)c2cccc(C(F)(F)F)c2)C3)c1)C1CC1. The number of carbonyl (C=O) groups excluding carboxylic acids is 2. The Balaban J connectivity index is 1.33. The van der Waals surface area contributed by atoms with Gasteiger partial charge in [-0.25, -0.2) is 0 Å². The van der Waals surface area contributed by atoms with Gasteiger partial charge < -0.3 is 14.6 Å². The molecule has 0 saturated heterocycles. The van der Waals surface area contributed by atoms with E-state index >= 15 is 0 Å². The molecule has 3 aromatic rings. The maximum Gasteiger partial charge on any atom is 0.416 e. The first-order valence-electron chi connectivity index (χ1n) is 10.8. The van der Waals surface area contributed by atoms with E-state index in [1.54, 1.807) is 0 Å². The summed E-state index contributed by atoms with van der Waals surface area (Å²) in [4.78, 5) is 26.4. The van der Waals surface area contributed by atoms with Crippen LogP contribution < -0.4 is 5.32 Å². The minimum Gasteiger partial charge on any atom is -0.461 e. The topological polar surface area (TPSA) is 62.6 Å². The number of alkyl halides is 3. The van der Waals surface area contributed by atoms with E-state index in [4.69, 9.17) is 4.42 Å². The van der Waals surface area contributed by atoms with Crippen molar-refractivity contribution in [2.45, 2.75) is 32.0 Å². The molecule has 5 rings (SSSR count). The molecule has 1 saturated carbocycles. The second kappa shape index (κ2) is 8.10. The van der Waals surface area contributed by atoms with E-state index in [0.717, 1.165) is 41.9 Å². The molecule has 0 unspecified atom stereocenters. The lowest BCUT2D eigenvalue weighted by Crippen LogP contribution is -2.35. The number of benzene rings is 2. The van der Waals surface area contributed by atoms with Crippen molar-refractivity contribution >= 4 is 17.5 Å². The fourth-order valence-corrected chi connectivity index (χ4v) is 4.00. The number of nitrogens with zero attached hydrogens (tertiary/aromatic N) is 1.